The van der Waals surface area contributed by atoms with Gasteiger partial charge in [0.2, 0.25) is 0 Å². The molecule has 0 saturated carbocycles. The van der Waals surface area contributed by atoms with Crippen LogP contribution in [0.25, 0.3) is 5.69 Å². The number of non-ortho nitro benzene ring substituents is 1. The number of nitro groups is 1. The molecule has 1 heterocycles. The Bertz CT molecular complexity index is 1220. The van der Waals surface area contributed by atoms with Crippen molar-refractivity contribution in [1.82, 2.24) is 4.57 Å². The average Bonchev–Trinajstić information content (AvgIpc) is 3.05. The summed E-state index contributed by atoms with van der Waals surface area (Å²) in [6.45, 7) is 0. The summed E-state index contributed by atoms with van der Waals surface area (Å²) in [5.41, 5.74) is 5.45. The molecule has 1 aromatic heterocycles. The molecule has 11 heteroatoms. The number of nitro benzene ring substituents is 1. The van der Waals surface area contributed by atoms with Crippen LogP contribution in [0, 0.1) is 21.4 Å². The maximum Gasteiger partial charge on any atom is 0.357 e. The van der Waals surface area contributed by atoms with E-state index in [2.05, 4.69) is 0 Å². The highest BCUT2D eigenvalue weighted by Crippen LogP contribution is 2.35. The summed E-state index contributed by atoms with van der Waals surface area (Å²) in [5, 5.41) is 21.3. The highest BCUT2D eigenvalue weighted by atomic mass is 35.5. The van der Waals surface area contributed by atoms with Crippen molar-refractivity contribution >= 4 is 40.5 Å². The highest BCUT2D eigenvalue weighted by Gasteiger charge is 2.23. The largest absolute Gasteiger partial charge is 0.464 e. The molecule has 3 rings (SSSR count). The molecule has 3 aromatic rings. The predicted molar refractivity (Wildman–Crippen MR) is 109 cm³/mol. The molecule has 2 aromatic carbocycles. The van der Waals surface area contributed by atoms with Crippen molar-refractivity contribution in [2.75, 3.05) is 12.8 Å². The Balaban J connectivity index is 2.18. The van der Waals surface area contributed by atoms with Gasteiger partial charge in [0.1, 0.15) is 17.6 Å². The number of benzene rings is 2. The van der Waals surface area contributed by atoms with Gasteiger partial charge in [-0.25, -0.2) is 4.79 Å². The Kier molecular flexibility index (Phi) is 5.82. The van der Waals surface area contributed by atoms with Crippen LogP contribution in [0.4, 0.5) is 11.4 Å². The number of nitrogens with zero attached hydrogens (tertiary/aromatic N) is 3. The van der Waals surface area contributed by atoms with Gasteiger partial charge in [-0.1, -0.05) is 23.2 Å². The molecule has 0 aliphatic rings. The van der Waals surface area contributed by atoms with E-state index in [1.165, 1.54) is 41.1 Å². The van der Waals surface area contributed by atoms with Gasteiger partial charge in [0.15, 0.2) is 5.69 Å². The number of hydrogen-bond acceptors (Lipinski definition) is 7. The van der Waals surface area contributed by atoms with E-state index in [0.717, 1.165) is 7.11 Å². The third kappa shape index (κ3) is 4.00. The fourth-order valence-electron chi connectivity index (χ4n) is 2.67. The van der Waals surface area contributed by atoms with Crippen molar-refractivity contribution in [3.63, 3.8) is 0 Å². The van der Waals surface area contributed by atoms with Crippen molar-refractivity contribution in [2.24, 2.45) is 0 Å². The van der Waals surface area contributed by atoms with Crippen molar-refractivity contribution < 1.29 is 19.2 Å². The lowest BCUT2D eigenvalue weighted by molar-refractivity contribution is -0.384. The minimum atomic E-state index is -0.816. The van der Waals surface area contributed by atoms with E-state index < -0.39 is 10.9 Å². The van der Waals surface area contributed by atoms with Gasteiger partial charge >= 0.3 is 5.97 Å². The van der Waals surface area contributed by atoms with E-state index in [4.69, 9.17) is 38.4 Å². The molecular formula is C19H12Cl2N4O5. The molecule has 0 unspecified atom stereocenters. The summed E-state index contributed by atoms with van der Waals surface area (Å²) >= 11 is 12.0. The number of halogens is 2. The summed E-state index contributed by atoms with van der Waals surface area (Å²) < 4.78 is 11.6. The molecule has 0 radical (unpaired) electrons. The number of rotatable bonds is 5. The van der Waals surface area contributed by atoms with E-state index in [9.17, 15) is 20.2 Å². The molecule has 0 spiro atoms. The van der Waals surface area contributed by atoms with E-state index in [-0.39, 0.29) is 44.8 Å². The van der Waals surface area contributed by atoms with E-state index in [0.29, 0.717) is 5.02 Å². The average molecular weight is 447 g/mol. The molecule has 0 aliphatic carbocycles. The number of hydrogen-bond donors (Lipinski definition) is 1. The first-order valence-corrected chi connectivity index (χ1v) is 8.92. The summed E-state index contributed by atoms with van der Waals surface area (Å²) in [6, 6.07) is 10.2. The number of methoxy groups -OCH3 is 1. The minimum Gasteiger partial charge on any atom is -0.464 e. The smallest absolute Gasteiger partial charge is 0.357 e. The Hall–Kier alpha value is -3.74. The van der Waals surface area contributed by atoms with Gasteiger partial charge < -0.3 is 19.8 Å². The molecule has 9 nitrogen and oxygen atoms in total. The topological polar surface area (TPSA) is 133 Å². The zero-order chi connectivity index (χ0) is 22.0. The van der Waals surface area contributed by atoms with Crippen LogP contribution in [-0.2, 0) is 4.74 Å². The monoisotopic (exact) mass is 446 g/mol. The van der Waals surface area contributed by atoms with Crippen LogP contribution in [-0.4, -0.2) is 22.6 Å². The van der Waals surface area contributed by atoms with E-state index in [1.807, 2.05) is 6.07 Å². The fraction of sp³-hybridized carbons (Fsp3) is 0.0526. The number of esters is 1. The van der Waals surface area contributed by atoms with Crippen molar-refractivity contribution in [3.05, 3.63) is 74.0 Å². The van der Waals surface area contributed by atoms with Gasteiger partial charge in [-0.15, -0.1) is 0 Å². The van der Waals surface area contributed by atoms with Gasteiger partial charge in [-0.05, 0) is 18.2 Å². The van der Waals surface area contributed by atoms with Gasteiger partial charge in [0.25, 0.3) is 5.69 Å². The second kappa shape index (κ2) is 8.32. The molecule has 2 N–H and O–H groups in total. The molecule has 152 valence electrons. The van der Waals surface area contributed by atoms with Crippen molar-refractivity contribution in [1.29, 1.82) is 5.26 Å². The Labute approximate surface area is 179 Å². The highest BCUT2D eigenvalue weighted by molar-refractivity contribution is 6.35. The normalized spacial score (nSPS) is 10.3. The zero-order valence-corrected chi connectivity index (χ0v) is 16.8. The molecule has 30 heavy (non-hydrogen) atoms. The first-order valence-electron chi connectivity index (χ1n) is 8.17. The lowest BCUT2D eigenvalue weighted by atomic mass is 10.2. The number of carbonyl (C=O) groups is 1. The van der Waals surface area contributed by atoms with Gasteiger partial charge in [-0.2, -0.15) is 5.26 Å². The number of anilines is 1. The van der Waals surface area contributed by atoms with Crippen molar-refractivity contribution in [2.45, 2.75) is 0 Å². The van der Waals surface area contributed by atoms with Crippen LogP contribution >= 0.6 is 23.2 Å². The maximum atomic E-state index is 12.2. The maximum absolute atomic E-state index is 12.2. The third-order valence-electron chi connectivity index (χ3n) is 4.03. The predicted octanol–water partition coefficient (Wildman–Crippen LogP) is 4.73. The molecule has 0 saturated heterocycles. The lowest BCUT2D eigenvalue weighted by Gasteiger charge is -2.12. The standard InChI is InChI=1S/C19H12Cl2N4O5/c1-29-19(26)18-17(23)10(8-22)9-24(18)12-5-13(25(27)28)7-14(6-12)30-16-3-2-11(20)4-15(16)21/h2-7,9H,23H2,1H3. The molecular weight excluding hydrogens is 435 g/mol. The van der Waals surface area contributed by atoms with Crippen LogP contribution in [0.2, 0.25) is 10.0 Å². The Morgan fingerprint density at radius 1 is 1.27 bits per heavy atom. The van der Waals surface area contributed by atoms with Gasteiger partial charge in [0, 0.05) is 23.4 Å². The lowest BCUT2D eigenvalue weighted by Crippen LogP contribution is -2.11. The molecule has 0 atom stereocenters. The number of nitriles is 1. The number of aromatic nitrogens is 1. The van der Waals surface area contributed by atoms with Crippen LogP contribution < -0.4 is 10.5 Å². The number of nitrogen functional groups attached to an aromatic ring is 1. The van der Waals surface area contributed by atoms with Crippen LogP contribution in [0.3, 0.4) is 0 Å². The zero-order valence-electron chi connectivity index (χ0n) is 15.3. The number of carbonyl (C=O) groups excluding carboxylic acids is 1. The van der Waals surface area contributed by atoms with Crippen molar-refractivity contribution in [3.8, 4) is 23.3 Å². The Morgan fingerprint density at radius 2 is 2.00 bits per heavy atom. The van der Waals surface area contributed by atoms with Crippen LogP contribution in [0.5, 0.6) is 11.5 Å². The summed E-state index contributed by atoms with van der Waals surface area (Å²) in [7, 11) is 1.15. The molecule has 0 bridgehead atoms. The van der Waals surface area contributed by atoms with E-state index in [1.54, 1.807) is 6.07 Å². The number of nitrogens with two attached hydrogens (primary N) is 1. The fourth-order valence-corrected chi connectivity index (χ4v) is 3.12. The van der Waals surface area contributed by atoms with Gasteiger partial charge in [0.05, 0.1) is 40.1 Å². The van der Waals surface area contributed by atoms with E-state index >= 15 is 0 Å². The molecule has 0 amide bonds. The first-order chi connectivity index (χ1) is 14.2. The SMILES string of the molecule is COC(=O)c1c(N)c(C#N)cn1-c1cc(Oc2ccc(Cl)cc2Cl)cc([N+](=O)[O-])c1. The second-order valence-corrected chi connectivity index (χ2v) is 6.74. The Morgan fingerprint density at radius 3 is 2.60 bits per heavy atom. The molecule has 0 aliphatic heterocycles. The second-order valence-electron chi connectivity index (χ2n) is 5.90. The minimum absolute atomic E-state index is 0.00474. The van der Waals surface area contributed by atoms with Gasteiger partial charge in [-0.3, -0.25) is 10.1 Å². The first kappa shape index (κ1) is 21.0. The summed E-state index contributed by atoms with van der Waals surface area (Å²) in [4.78, 5) is 23.0. The summed E-state index contributed by atoms with van der Waals surface area (Å²) in [5.74, 6) is -0.542. The molecule has 0 fully saturated rings. The summed E-state index contributed by atoms with van der Waals surface area (Å²) in [6.07, 6.45) is 1.28. The quantitative estimate of drug-likeness (QED) is 0.340. The van der Waals surface area contributed by atoms with Crippen LogP contribution in [0.15, 0.2) is 42.6 Å². The number of ether oxygens (including phenoxy) is 2. The van der Waals surface area contributed by atoms with Crippen LogP contribution in [0.1, 0.15) is 16.1 Å². The third-order valence-corrected chi connectivity index (χ3v) is 4.56.